The number of ether oxygens (including phenoxy) is 1. The second kappa shape index (κ2) is 10.1. The van der Waals surface area contributed by atoms with Crippen LogP contribution in [0.5, 0.6) is 5.75 Å². The summed E-state index contributed by atoms with van der Waals surface area (Å²) in [5.74, 6) is 1.40. The van der Waals surface area contributed by atoms with Crippen LogP contribution in [-0.4, -0.2) is 71.6 Å². The van der Waals surface area contributed by atoms with E-state index < -0.39 is 0 Å². The fourth-order valence-corrected chi connectivity index (χ4v) is 3.84. The van der Waals surface area contributed by atoms with E-state index in [0.717, 1.165) is 43.8 Å². The molecule has 1 aromatic heterocycles. The highest BCUT2D eigenvalue weighted by Gasteiger charge is 2.16. The van der Waals surface area contributed by atoms with Crippen molar-refractivity contribution in [2.75, 3.05) is 46.3 Å². The number of likely N-dealkylation sites (N-methyl/N-ethyl adjacent to an activating group) is 1. The first kappa shape index (κ1) is 21.6. The summed E-state index contributed by atoms with van der Waals surface area (Å²) < 4.78 is 7.81. The van der Waals surface area contributed by atoms with Crippen molar-refractivity contribution in [1.82, 2.24) is 24.7 Å². The van der Waals surface area contributed by atoms with Crippen LogP contribution >= 0.6 is 11.6 Å². The van der Waals surface area contributed by atoms with E-state index in [0.29, 0.717) is 23.1 Å². The lowest BCUT2D eigenvalue weighted by Crippen LogP contribution is -2.47. The Kier molecular flexibility index (Phi) is 7.06. The Hall–Kier alpha value is -2.61. The number of halogens is 1. The van der Waals surface area contributed by atoms with Crippen molar-refractivity contribution in [3.05, 3.63) is 59.4 Å². The first-order chi connectivity index (χ1) is 15.1. The maximum Gasteiger partial charge on any atom is 0.240 e. The minimum Gasteiger partial charge on any atom is -0.486 e. The molecule has 0 spiro atoms. The number of fused-ring (bicyclic) bond motifs is 1. The molecule has 3 aromatic rings. The van der Waals surface area contributed by atoms with Crippen LogP contribution < -0.4 is 10.1 Å². The number of carbonyl (C=O) groups excluding carboxylic acids is 1. The van der Waals surface area contributed by atoms with Gasteiger partial charge in [0, 0.05) is 44.3 Å². The smallest absolute Gasteiger partial charge is 0.240 e. The second-order valence-corrected chi connectivity index (χ2v) is 8.28. The molecule has 0 radical (unpaired) electrons. The van der Waals surface area contributed by atoms with Gasteiger partial charge >= 0.3 is 0 Å². The zero-order valence-electron chi connectivity index (χ0n) is 17.8. The van der Waals surface area contributed by atoms with E-state index in [9.17, 15) is 4.79 Å². The second-order valence-electron chi connectivity index (χ2n) is 7.84. The van der Waals surface area contributed by atoms with Crippen LogP contribution in [0.1, 0.15) is 5.82 Å². The van der Waals surface area contributed by atoms with Crippen LogP contribution in [0.3, 0.4) is 0 Å². The van der Waals surface area contributed by atoms with Crippen LogP contribution in [-0.2, 0) is 17.9 Å². The molecule has 1 fully saturated rings. The van der Waals surface area contributed by atoms with Crippen molar-refractivity contribution in [2.24, 2.45) is 0 Å². The van der Waals surface area contributed by atoms with Crippen LogP contribution in [0.15, 0.2) is 48.5 Å². The predicted molar refractivity (Wildman–Crippen MR) is 122 cm³/mol. The third kappa shape index (κ3) is 5.76. The highest BCUT2D eigenvalue weighted by atomic mass is 35.5. The summed E-state index contributed by atoms with van der Waals surface area (Å²) in [6.45, 7) is 6.24. The van der Waals surface area contributed by atoms with Gasteiger partial charge in [-0.25, -0.2) is 4.98 Å². The molecule has 7 nitrogen and oxygen atoms in total. The normalized spacial score (nSPS) is 15.3. The number of nitrogens with one attached hydrogen (secondary N) is 1. The summed E-state index contributed by atoms with van der Waals surface area (Å²) in [6.07, 6.45) is 0. The predicted octanol–water partition coefficient (Wildman–Crippen LogP) is 2.63. The molecule has 164 valence electrons. The SMILES string of the molecule is CN1CCN(CCNC(=O)Cn2c(COc3ccc(Cl)cc3)nc3ccccc32)CC1. The van der Waals surface area contributed by atoms with Gasteiger partial charge in [0.05, 0.1) is 11.0 Å². The third-order valence-electron chi connectivity index (χ3n) is 5.56. The van der Waals surface area contributed by atoms with Crippen LogP contribution in [0, 0.1) is 0 Å². The summed E-state index contributed by atoms with van der Waals surface area (Å²) >= 11 is 5.94. The van der Waals surface area contributed by atoms with Gasteiger partial charge in [0.2, 0.25) is 5.91 Å². The van der Waals surface area contributed by atoms with Gasteiger partial charge in [-0.3, -0.25) is 9.69 Å². The number of rotatable bonds is 8. The molecule has 0 bridgehead atoms. The fraction of sp³-hybridized carbons (Fsp3) is 0.391. The fourth-order valence-electron chi connectivity index (χ4n) is 3.72. The third-order valence-corrected chi connectivity index (χ3v) is 5.81. The number of carbonyl (C=O) groups is 1. The molecule has 0 saturated carbocycles. The minimum atomic E-state index is -0.0231. The van der Waals surface area contributed by atoms with Gasteiger partial charge in [0.1, 0.15) is 24.7 Å². The standard InChI is InChI=1S/C23H28ClN5O2/c1-27-12-14-28(15-13-27)11-10-25-23(30)16-29-21-5-3-2-4-20(21)26-22(29)17-31-19-8-6-18(24)7-9-19/h2-9H,10-17H2,1H3,(H,25,30). The van der Waals surface area contributed by atoms with Gasteiger partial charge in [-0.05, 0) is 43.4 Å². The molecule has 1 saturated heterocycles. The average Bonchev–Trinajstić information content (AvgIpc) is 3.12. The highest BCUT2D eigenvalue weighted by Crippen LogP contribution is 2.20. The van der Waals surface area contributed by atoms with Crippen molar-refractivity contribution in [2.45, 2.75) is 13.2 Å². The van der Waals surface area contributed by atoms with Gasteiger partial charge in [-0.1, -0.05) is 23.7 Å². The number of amides is 1. The number of imidazole rings is 1. The number of aromatic nitrogens is 2. The number of nitrogens with zero attached hydrogens (tertiary/aromatic N) is 4. The van der Waals surface area contributed by atoms with Gasteiger partial charge in [0.25, 0.3) is 0 Å². The molecule has 1 N–H and O–H groups in total. The number of benzene rings is 2. The number of para-hydroxylation sites is 2. The van der Waals surface area contributed by atoms with Crippen molar-refractivity contribution in [1.29, 1.82) is 0 Å². The number of hydrogen-bond acceptors (Lipinski definition) is 5. The maximum atomic E-state index is 12.7. The molecule has 0 atom stereocenters. The molecule has 0 unspecified atom stereocenters. The molecule has 1 aliphatic heterocycles. The molecule has 0 aliphatic carbocycles. The van der Waals surface area contributed by atoms with E-state index in [2.05, 4.69) is 27.1 Å². The average molecular weight is 442 g/mol. The van der Waals surface area contributed by atoms with E-state index in [1.807, 2.05) is 41.0 Å². The van der Waals surface area contributed by atoms with E-state index in [4.69, 9.17) is 16.3 Å². The van der Waals surface area contributed by atoms with Crippen molar-refractivity contribution in [3.8, 4) is 5.75 Å². The minimum absolute atomic E-state index is 0.0231. The summed E-state index contributed by atoms with van der Waals surface area (Å²) in [7, 11) is 2.14. The molecule has 1 aliphatic rings. The Balaban J connectivity index is 1.38. The molecular weight excluding hydrogens is 414 g/mol. The molecular formula is C23H28ClN5O2. The van der Waals surface area contributed by atoms with Crippen molar-refractivity contribution < 1.29 is 9.53 Å². The summed E-state index contributed by atoms with van der Waals surface area (Å²) in [6, 6.07) is 15.0. The van der Waals surface area contributed by atoms with Gasteiger partial charge < -0.3 is 19.5 Å². The molecule has 2 aromatic carbocycles. The summed E-state index contributed by atoms with van der Waals surface area (Å²) in [4.78, 5) is 22.1. The van der Waals surface area contributed by atoms with E-state index >= 15 is 0 Å². The van der Waals surface area contributed by atoms with Gasteiger partial charge in [0.15, 0.2) is 0 Å². The number of hydrogen-bond donors (Lipinski definition) is 1. The van der Waals surface area contributed by atoms with Gasteiger partial charge in [-0.2, -0.15) is 0 Å². The summed E-state index contributed by atoms with van der Waals surface area (Å²) in [5, 5.41) is 3.71. The first-order valence-electron chi connectivity index (χ1n) is 10.6. The molecule has 31 heavy (non-hydrogen) atoms. The highest BCUT2D eigenvalue weighted by molar-refractivity contribution is 6.30. The Labute approximate surface area is 187 Å². The Morgan fingerprint density at radius 2 is 1.84 bits per heavy atom. The molecule has 8 heteroatoms. The first-order valence-corrected chi connectivity index (χ1v) is 11.0. The lowest BCUT2D eigenvalue weighted by atomic mass is 10.3. The van der Waals surface area contributed by atoms with Crippen molar-refractivity contribution in [3.63, 3.8) is 0 Å². The summed E-state index contributed by atoms with van der Waals surface area (Å²) in [5.41, 5.74) is 1.77. The molecule has 2 heterocycles. The quantitative estimate of drug-likeness (QED) is 0.582. The monoisotopic (exact) mass is 441 g/mol. The van der Waals surface area contributed by atoms with E-state index in [1.54, 1.807) is 12.1 Å². The largest absolute Gasteiger partial charge is 0.486 e. The lowest BCUT2D eigenvalue weighted by molar-refractivity contribution is -0.121. The van der Waals surface area contributed by atoms with Crippen LogP contribution in [0.2, 0.25) is 5.02 Å². The lowest BCUT2D eigenvalue weighted by Gasteiger charge is -2.32. The zero-order chi connectivity index (χ0) is 21.6. The van der Waals surface area contributed by atoms with E-state index in [1.165, 1.54) is 0 Å². The maximum absolute atomic E-state index is 12.7. The van der Waals surface area contributed by atoms with E-state index in [-0.39, 0.29) is 19.1 Å². The Morgan fingerprint density at radius 1 is 1.10 bits per heavy atom. The van der Waals surface area contributed by atoms with Crippen LogP contribution in [0.25, 0.3) is 11.0 Å². The topological polar surface area (TPSA) is 62.6 Å². The van der Waals surface area contributed by atoms with Gasteiger partial charge in [-0.15, -0.1) is 0 Å². The Bertz CT molecular complexity index is 1010. The van der Waals surface area contributed by atoms with Crippen LogP contribution in [0.4, 0.5) is 0 Å². The molecule has 1 amide bonds. The molecule has 4 rings (SSSR count). The Morgan fingerprint density at radius 3 is 2.61 bits per heavy atom. The van der Waals surface area contributed by atoms with Crippen molar-refractivity contribution >= 4 is 28.5 Å². The number of piperazine rings is 1. The zero-order valence-corrected chi connectivity index (χ0v) is 18.5.